The first kappa shape index (κ1) is 27.6. The summed E-state index contributed by atoms with van der Waals surface area (Å²) in [6.07, 6.45) is 0.899. The molecule has 31 heavy (non-hydrogen) atoms. The molecule has 0 radical (unpaired) electrons. The molecule has 1 fully saturated rings. The Balaban J connectivity index is 0.00000480. The molecule has 1 aromatic rings. The van der Waals surface area contributed by atoms with Gasteiger partial charge in [0, 0.05) is 46.8 Å². The van der Waals surface area contributed by atoms with E-state index in [1.807, 2.05) is 0 Å². The third kappa shape index (κ3) is 10.7. The Labute approximate surface area is 205 Å². The lowest BCUT2D eigenvalue weighted by atomic mass is 9.86. The second-order valence-corrected chi connectivity index (χ2v) is 8.96. The number of halogens is 1. The maximum absolute atomic E-state index is 11.9. The van der Waals surface area contributed by atoms with Crippen LogP contribution in [0.2, 0.25) is 0 Å². The van der Waals surface area contributed by atoms with E-state index in [0.29, 0.717) is 5.96 Å². The molecule has 1 aliphatic heterocycles. The van der Waals surface area contributed by atoms with Crippen LogP contribution in [0.25, 0.3) is 0 Å². The van der Waals surface area contributed by atoms with Gasteiger partial charge in [-0.25, -0.2) is 4.99 Å². The van der Waals surface area contributed by atoms with Gasteiger partial charge in [0.2, 0.25) is 5.91 Å². The van der Waals surface area contributed by atoms with Crippen LogP contribution in [0.15, 0.2) is 29.3 Å². The highest BCUT2D eigenvalue weighted by Crippen LogP contribution is 2.22. The van der Waals surface area contributed by atoms with Gasteiger partial charge in [-0.2, -0.15) is 0 Å². The van der Waals surface area contributed by atoms with E-state index < -0.39 is 0 Å². The fourth-order valence-corrected chi connectivity index (χ4v) is 3.12. The van der Waals surface area contributed by atoms with E-state index in [-0.39, 0.29) is 41.8 Å². The van der Waals surface area contributed by atoms with E-state index in [0.717, 1.165) is 52.4 Å². The molecule has 1 heterocycles. The smallest absolute Gasteiger partial charge is 0.243 e. The lowest BCUT2D eigenvalue weighted by Gasteiger charge is -2.26. The van der Waals surface area contributed by atoms with Crippen LogP contribution in [0.5, 0.6) is 0 Å². The number of aliphatic imine (C=N–C) groups is 1. The summed E-state index contributed by atoms with van der Waals surface area (Å²) in [6.45, 7) is 12.8. The molecular formula is C23H40IN5O2. The van der Waals surface area contributed by atoms with Crippen LogP contribution in [-0.2, 0) is 21.4 Å². The van der Waals surface area contributed by atoms with Crippen LogP contribution in [-0.4, -0.2) is 88.2 Å². The molecule has 0 spiro atoms. The number of morpholine rings is 1. The summed E-state index contributed by atoms with van der Waals surface area (Å²) in [7, 11) is 3.50. The number of carbonyl (C=O) groups is 1. The van der Waals surface area contributed by atoms with Gasteiger partial charge in [0.1, 0.15) is 6.54 Å². The molecule has 1 aliphatic rings. The number of nitrogens with one attached hydrogen (secondary N) is 2. The summed E-state index contributed by atoms with van der Waals surface area (Å²) in [5.41, 5.74) is 2.79. The molecule has 0 unspecified atom stereocenters. The van der Waals surface area contributed by atoms with Gasteiger partial charge >= 0.3 is 0 Å². The number of benzene rings is 1. The predicted octanol–water partition coefficient (Wildman–Crippen LogP) is 2.10. The summed E-state index contributed by atoms with van der Waals surface area (Å²) in [5, 5.41) is 6.73. The minimum Gasteiger partial charge on any atom is -0.379 e. The van der Waals surface area contributed by atoms with Crippen LogP contribution in [0.1, 0.15) is 31.9 Å². The molecule has 7 nitrogen and oxygen atoms in total. The average molecular weight is 546 g/mol. The Hall–Kier alpha value is -1.39. The maximum Gasteiger partial charge on any atom is 0.243 e. The Kier molecular flexibility index (Phi) is 12.4. The Morgan fingerprint density at radius 3 is 2.29 bits per heavy atom. The van der Waals surface area contributed by atoms with Gasteiger partial charge in [-0.15, -0.1) is 24.0 Å². The van der Waals surface area contributed by atoms with Crippen molar-refractivity contribution in [3.05, 3.63) is 35.4 Å². The van der Waals surface area contributed by atoms with Crippen LogP contribution in [0.3, 0.4) is 0 Å². The third-order valence-corrected chi connectivity index (χ3v) is 5.22. The molecule has 0 bridgehead atoms. The number of likely N-dealkylation sites (N-methyl/N-ethyl adjacent to an activating group) is 1. The Bertz CT molecular complexity index is 680. The van der Waals surface area contributed by atoms with Crippen molar-refractivity contribution in [3.63, 3.8) is 0 Å². The van der Waals surface area contributed by atoms with E-state index in [4.69, 9.17) is 4.74 Å². The normalized spacial score (nSPS) is 15.2. The zero-order valence-corrected chi connectivity index (χ0v) is 22.1. The second-order valence-electron chi connectivity index (χ2n) is 8.96. The third-order valence-electron chi connectivity index (χ3n) is 5.22. The summed E-state index contributed by atoms with van der Waals surface area (Å²) >= 11 is 0. The molecule has 0 aliphatic carbocycles. The van der Waals surface area contributed by atoms with Crippen LogP contribution >= 0.6 is 24.0 Å². The molecule has 2 rings (SSSR count). The number of amides is 1. The van der Waals surface area contributed by atoms with Crippen LogP contribution < -0.4 is 10.6 Å². The van der Waals surface area contributed by atoms with E-state index in [9.17, 15) is 4.79 Å². The fraction of sp³-hybridized carbons (Fsp3) is 0.652. The number of guanidine groups is 1. The Morgan fingerprint density at radius 1 is 1.10 bits per heavy atom. The first-order valence-corrected chi connectivity index (χ1v) is 10.9. The first-order chi connectivity index (χ1) is 14.3. The largest absolute Gasteiger partial charge is 0.379 e. The van der Waals surface area contributed by atoms with Crippen molar-refractivity contribution in [2.45, 2.75) is 32.6 Å². The van der Waals surface area contributed by atoms with Crippen molar-refractivity contribution in [2.75, 3.05) is 66.6 Å². The predicted molar refractivity (Wildman–Crippen MR) is 139 cm³/mol. The molecule has 176 valence electrons. The highest BCUT2D eigenvalue weighted by Gasteiger charge is 2.13. The molecule has 1 saturated heterocycles. The number of carbonyl (C=O) groups excluding carboxylic acids is 1. The number of ether oxygens (including phenoxy) is 1. The van der Waals surface area contributed by atoms with Crippen molar-refractivity contribution < 1.29 is 9.53 Å². The van der Waals surface area contributed by atoms with Gasteiger partial charge < -0.3 is 20.3 Å². The molecule has 0 saturated carbocycles. The summed E-state index contributed by atoms with van der Waals surface area (Å²) in [5.74, 6) is 0.673. The SMILES string of the molecule is CN(C)C(=O)CN=C(NCCc1ccc(C(C)(C)C)cc1)NCCN1CCOCC1.I. The van der Waals surface area contributed by atoms with Gasteiger partial charge in [-0.1, -0.05) is 45.0 Å². The highest BCUT2D eigenvalue weighted by atomic mass is 127. The molecule has 0 atom stereocenters. The van der Waals surface area contributed by atoms with Crippen LogP contribution in [0.4, 0.5) is 0 Å². The number of rotatable bonds is 8. The summed E-state index contributed by atoms with van der Waals surface area (Å²) in [6, 6.07) is 8.81. The van der Waals surface area contributed by atoms with Gasteiger partial charge in [-0.05, 0) is 23.0 Å². The lowest BCUT2D eigenvalue weighted by Crippen LogP contribution is -2.45. The molecule has 1 aromatic carbocycles. The maximum atomic E-state index is 11.9. The van der Waals surface area contributed by atoms with Crippen molar-refractivity contribution in [1.29, 1.82) is 0 Å². The van der Waals surface area contributed by atoms with Gasteiger partial charge in [0.15, 0.2) is 5.96 Å². The zero-order chi connectivity index (χ0) is 22.0. The quantitative estimate of drug-likeness (QED) is 0.298. The average Bonchev–Trinajstić information content (AvgIpc) is 2.71. The van der Waals surface area contributed by atoms with Crippen molar-refractivity contribution >= 4 is 35.8 Å². The summed E-state index contributed by atoms with van der Waals surface area (Å²) < 4.78 is 5.40. The van der Waals surface area contributed by atoms with Crippen molar-refractivity contribution in [1.82, 2.24) is 20.4 Å². The topological polar surface area (TPSA) is 69.2 Å². The highest BCUT2D eigenvalue weighted by molar-refractivity contribution is 14.0. The minimum atomic E-state index is -0.0120. The van der Waals surface area contributed by atoms with E-state index >= 15 is 0 Å². The number of hydrogen-bond acceptors (Lipinski definition) is 4. The monoisotopic (exact) mass is 545 g/mol. The standard InChI is InChI=1S/C23H39N5O2.HI/c1-23(2,3)20-8-6-19(7-9-20)10-11-24-22(26-18-21(29)27(4)5)25-12-13-28-14-16-30-17-15-28;/h6-9H,10-18H2,1-5H3,(H2,24,25,26);1H. The zero-order valence-electron chi connectivity index (χ0n) is 19.7. The van der Waals surface area contributed by atoms with Gasteiger partial charge in [0.25, 0.3) is 0 Å². The van der Waals surface area contributed by atoms with Crippen molar-refractivity contribution in [2.24, 2.45) is 4.99 Å². The number of hydrogen-bond donors (Lipinski definition) is 2. The molecular weight excluding hydrogens is 505 g/mol. The first-order valence-electron chi connectivity index (χ1n) is 10.9. The van der Waals surface area contributed by atoms with Crippen molar-refractivity contribution in [3.8, 4) is 0 Å². The van der Waals surface area contributed by atoms with E-state index in [1.165, 1.54) is 11.1 Å². The molecule has 2 N–H and O–H groups in total. The second kappa shape index (κ2) is 13.9. The Morgan fingerprint density at radius 2 is 1.71 bits per heavy atom. The summed E-state index contributed by atoms with van der Waals surface area (Å²) in [4.78, 5) is 20.3. The molecule has 8 heteroatoms. The molecule has 0 aromatic heterocycles. The van der Waals surface area contributed by atoms with E-state index in [2.05, 4.69) is 65.6 Å². The van der Waals surface area contributed by atoms with Gasteiger partial charge in [-0.3, -0.25) is 9.69 Å². The minimum absolute atomic E-state index is 0. The fourth-order valence-electron chi connectivity index (χ4n) is 3.12. The number of nitrogens with zero attached hydrogens (tertiary/aromatic N) is 3. The van der Waals surface area contributed by atoms with Crippen LogP contribution in [0, 0.1) is 0 Å². The molecule has 1 amide bonds. The van der Waals surface area contributed by atoms with E-state index in [1.54, 1.807) is 19.0 Å². The lowest BCUT2D eigenvalue weighted by molar-refractivity contribution is -0.127. The van der Waals surface area contributed by atoms with Gasteiger partial charge in [0.05, 0.1) is 13.2 Å².